The Morgan fingerprint density at radius 1 is 0.947 bits per heavy atom. The van der Waals surface area contributed by atoms with Crippen molar-refractivity contribution in [1.82, 2.24) is 4.48 Å². The molecule has 1 aromatic rings. The molecule has 1 aromatic carbocycles. The van der Waals surface area contributed by atoms with Crippen molar-refractivity contribution in [1.29, 1.82) is 0 Å². The molecule has 2 spiro atoms. The number of carbonyl (C=O) groups excluding carboxylic acids is 1. The number of hydrogen-bond donors (Lipinski definition) is 1. The molecule has 2 saturated heterocycles. The fraction of sp³-hybridized carbons (Fsp3) is 0.621. The number of carbonyl (C=O) groups is 1. The van der Waals surface area contributed by atoms with Crippen LogP contribution in [0.4, 0.5) is 5.69 Å². The van der Waals surface area contributed by atoms with Crippen LogP contribution in [-0.2, 0) is 23.7 Å². The molecule has 2 N–H and O–H groups in total. The minimum atomic E-state index is -1.39. The Bertz CT molecular complexity index is 1210. The highest BCUT2D eigenvalue weighted by Gasteiger charge is 2.63. The fourth-order valence-electron chi connectivity index (χ4n) is 7.79. The van der Waals surface area contributed by atoms with Crippen LogP contribution in [-0.4, -0.2) is 102 Å². The molecular weight excluding hydrogens is 486 g/mol. The molecule has 5 aliphatic heterocycles. The molecule has 0 amide bonds. The van der Waals surface area contributed by atoms with Gasteiger partial charge >= 0.3 is 0 Å². The Balaban J connectivity index is 1.58. The van der Waals surface area contributed by atoms with Crippen LogP contribution in [0.3, 0.4) is 0 Å². The Labute approximate surface area is 223 Å². The van der Waals surface area contributed by atoms with E-state index in [-0.39, 0.29) is 5.78 Å². The summed E-state index contributed by atoms with van der Waals surface area (Å²) in [4.78, 5) is 14.4. The summed E-state index contributed by atoms with van der Waals surface area (Å²) in [6.07, 6.45) is 1.70. The monoisotopic (exact) mass is 525 g/mol. The number of hydrogen-bond acceptors (Lipinski definition) is 7. The van der Waals surface area contributed by atoms with Gasteiger partial charge in [0.1, 0.15) is 37.8 Å². The van der Waals surface area contributed by atoms with E-state index >= 15 is 0 Å². The second kappa shape index (κ2) is 9.15. The summed E-state index contributed by atoms with van der Waals surface area (Å²) < 4.78 is 33.0. The number of ether oxygens (including phenoxy) is 5. The number of rotatable bonds is 2. The van der Waals surface area contributed by atoms with Gasteiger partial charge in [0.05, 0.1) is 64.9 Å². The van der Waals surface area contributed by atoms with Gasteiger partial charge in [-0.25, -0.2) is 0 Å². The van der Waals surface area contributed by atoms with E-state index in [1.54, 1.807) is 0 Å². The number of nitrogens with two attached hydrogens (primary N) is 1. The summed E-state index contributed by atoms with van der Waals surface area (Å²) in [5, 5.41) is 0. The van der Waals surface area contributed by atoms with Crippen molar-refractivity contribution in [3.05, 3.63) is 46.5 Å². The van der Waals surface area contributed by atoms with Crippen LogP contribution in [0.5, 0.6) is 0 Å². The molecule has 9 heteroatoms. The molecule has 2 fully saturated rings. The van der Waals surface area contributed by atoms with Crippen molar-refractivity contribution in [3.63, 3.8) is 0 Å². The second-order valence-corrected chi connectivity index (χ2v) is 11.4. The Kier molecular flexibility index (Phi) is 5.96. The minimum Gasteiger partial charge on any atom is -0.488 e. The second-order valence-electron chi connectivity index (χ2n) is 11.4. The number of fused-ring (bicyclic) bond motifs is 3. The van der Waals surface area contributed by atoms with E-state index in [1.807, 2.05) is 19.1 Å². The number of morpholine rings is 2. The van der Waals surface area contributed by atoms with Crippen molar-refractivity contribution in [2.45, 2.75) is 25.5 Å². The highest BCUT2D eigenvalue weighted by Crippen LogP contribution is 2.57. The molecule has 9 nitrogen and oxygen atoms in total. The lowest BCUT2D eigenvalue weighted by atomic mass is 9.79. The molecule has 8 rings (SSSR count). The van der Waals surface area contributed by atoms with Gasteiger partial charge < -0.3 is 23.7 Å². The molecular formula is C29H39N3O6+2. The summed E-state index contributed by atoms with van der Waals surface area (Å²) in [6, 6.07) is 6.20. The first-order valence-electron chi connectivity index (χ1n) is 14.3. The van der Waals surface area contributed by atoms with Gasteiger partial charge in [0, 0.05) is 24.0 Å². The maximum atomic E-state index is 14.4. The zero-order valence-corrected chi connectivity index (χ0v) is 22.3. The Morgan fingerprint density at radius 3 is 2.37 bits per heavy atom. The molecule has 2 atom stereocenters. The summed E-state index contributed by atoms with van der Waals surface area (Å²) in [5.74, 6) is 0.651. The summed E-state index contributed by atoms with van der Waals surface area (Å²) in [7, 11) is 0. The summed E-state index contributed by atoms with van der Waals surface area (Å²) >= 11 is 0. The van der Waals surface area contributed by atoms with E-state index in [0.29, 0.717) is 56.5 Å². The van der Waals surface area contributed by atoms with Crippen molar-refractivity contribution < 1.29 is 33.0 Å². The molecule has 38 heavy (non-hydrogen) atoms. The average molecular weight is 526 g/mol. The van der Waals surface area contributed by atoms with Gasteiger partial charge in [-0.3, -0.25) is 19.5 Å². The van der Waals surface area contributed by atoms with Crippen LogP contribution >= 0.6 is 0 Å². The van der Waals surface area contributed by atoms with E-state index in [4.69, 9.17) is 29.4 Å². The van der Waals surface area contributed by atoms with Crippen LogP contribution in [0, 0.1) is 5.92 Å². The molecule has 2 aliphatic carbocycles. The molecule has 0 saturated carbocycles. The lowest BCUT2D eigenvalue weighted by molar-refractivity contribution is -0.900. The molecule has 0 aromatic heterocycles. The van der Waals surface area contributed by atoms with Gasteiger partial charge in [-0.05, 0) is 13.0 Å². The molecule has 6 bridgehead atoms. The van der Waals surface area contributed by atoms with Gasteiger partial charge in [-0.2, -0.15) is 0 Å². The van der Waals surface area contributed by atoms with E-state index in [1.165, 1.54) is 5.69 Å². The molecule has 7 aliphatic rings. The zero-order valence-electron chi connectivity index (χ0n) is 22.3. The quantitative estimate of drug-likeness (QED) is 0.592. The lowest BCUT2D eigenvalue weighted by Gasteiger charge is -2.49. The highest BCUT2D eigenvalue weighted by molar-refractivity contribution is 6.18. The van der Waals surface area contributed by atoms with E-state index in [2.05, 4.69) is 6.07 Å². The third-order valence-corrected chi connectivity index (χ3v) is 9.56. The number of Topliss-reactive ketones (excluding diaryl/α,β-unsaturated/α-hetero) is 1. The highest BCUT2D eigenvalue weighted by atomic mass is 16.6. The molecule has 2 unspecified atom stereocenters. The SMILES string of the molecule is CCOC1=C2c3c4cccc3[N+]3(CCCOC5=C1[N+]1(CCCOC5(N)C2C4=O)CCOCC1)CCOCC3. The Morgan fingerprint density at radius 2 is 1.63 bits per heavy atom. The molecule has 0 radical (unpaired) electrons. The maximum absolute atomic E-state index is 14.4. The van der Waals surface area contributed by atoms with Gasteiger partial charge in [-0.1, -0.05) is 12.1 Å². The third-order valence-electron chi connectivity index (χ3n) is 9.56. The van der Waals surface area contributed by atoms with Crippen LogP contribution in [0.15, 0.2) is 35.4 Å². The summed E-state index contributed by atoms with van der Waals surface area (Å²) in [6.45, 7) is 11.3. The van der Waals surface area contributed by atoms with Gasteiger partial charge in [0.15, 0.2) is 17.3 Å². The van der Waals surface area contributed by atoms with Crippen LogP contribution in [0.1, 0.15) is 35.7 Å². The smallest absolute Gasteiger partial charge is 0.218 e. The van der Waals surface area contributed by atoms with Gasteiger partial charge in [-0.15, -0.1) is 0 Å². The standard InChI is InChI=1S/C29H39N3O6/c1-2-36-27-23-22-20-6-3-7-21(22)31(10-16-34-17-11-31)8-4-14-37-28-25(27)32(12-18-35-19-13-32)9-5-15-38-29(28,30)24(23)26(20)33/h3,6-7,24H,2,4-5,8-19,30H2,1H3/q+2. The maximum Gasteiger partial charge on any atom is 0.218 e. The fourth-order valence-corrected chi connectivity index (χ4v) is 7.79. The first kappa shape index (κ1) is 24.7. The van der Waals surface area contributed by atoms with E-state index in [9.17, 15) is 4.79 Å². The third kappa shape index (κ3) is 3.36. The first-order chi connectivity index (χ1) is 18.5. The molecule has 204 valence electrons. The molecule has 5 heterocycles. The van der Waals surface area contributed by atoms with E-state index in [0.717, 1.165) is 84.7 Å². The predicted octanol–water partition coefficient (Wildman–Crippen LogP) is 2.15. The predicted molar refractivity (Wildman–Crippen MR) is 141 cm³/mol. The van der Waals surface area contributed by atoms with Crippen LogP contribution < -0.4 is 10.2 Å². The lowest BCUT2D eigenvalue weighted by Crippen LogP contribution is -2.63. The number of nitrogens with zero attached hydrogens (tertiary/aromatic N) is 2. The summed E-state index contributed by atoms with van der Waals surface area (Å²) in [5.41, 5.74) is 10.7. The number of ketones is 1. The van der Waals surface area contributed by atoms with Gasteiger partial charge in [0.2, 0.25) is 11.5 Å². The van der Waals surface area contributed by atoms with Gasteiger partial charge in [0.25, 0.3) is 0 Å². The topological polar surface area (TPSA) is 89.2 Å². The van der Waals surface area contributed by atoms with E-state index < -0.39 is 11.6 Å². The Hall–Kier alpha value is -2.27. The van der Waals surface area contributed by atoms with Crippen LogP contribution in [0.2, 0.25) is 0 Å². The first-order valence-corrected chi connectivity index (χ1v) is 14.3. The number of benzene rings is 1. The number of quaternary nitrogens is 2. The minimum absolute atomic E-state index is 0.00205. The average Bonchev–Trinajstić information content (AvgIpc) is 3.24. The zero-order chi connectivity index (χ0) is 26.0. The van der Waals surface area contributed by atoms with Crippen molar-refractivity contribution in [2.75, 3.05) is 85.5 Å². The van der Waals surface area contributed by atoms with Crippen molar-refractivity contribution >= 4 is 17.0 Å². The van der Waals surface area contributed by atoms with Crippen LogP contribution in [0.25, 0.3) is 5.57 Å². The van der Waals surface area contributed by atoms with Crippen molar-refractivity contribution in [2.24, 2.45) is 11.7 Å². The largest absolute Gasteiger partial charge is 0.488 e. The van der Waals surface area contributed by atoms with Crippen molar-refractivity contribution in [3.8, 4) is 0 Å². The normalized spacial score (nSPS) is 31.6.